The molecule has 1 N–H and O–H groups in total. The molecule has 2 aromatic carbocycles. The molecule has 0 fully saturated rings. The predicted octanol–water partition coefficient (Wildman–Crippen LogP) is 2.46. The molecular formula is C17H11N3O5. The Hall–Kier alpha value is -3.55. The number of fused-ring (bicyclic) bond motifs is 2. The van der Waals surface area contributed by atoms with E-state index >= 15 is 0 Å². The normalized spacial score (nSPS) is 14.6. The lowest BCUT2D eigenvalue weighted by Crippen LogP contribution is -2.25. The molecule has 0 saturated carbocycles. The van der Waals surface area contributed by atoms with Gasteiger partial charge in [-0.15, -0.1) is 0 Å². The molecular weight excluding hydrogens is 326 g/mol. The average Bonchev–Trinajstić information content (AvgIpc) is 3.29. The van der Waals surface area contributed by atoms with Crippen molar-refractivity contribution in [2.75, 3.05) is 18.7 Å². The molecule has 3 aromatic rings. The zero-order chi connectivity index (χ0) is 16.8. The summed E-state index contributed by atoms with van der Waals surface area (Å²) < 4.78 is 21.3. The fraction of sp³-hybridized carbons (Fsp3) is 0.118. The van der Waals surface area contributed by atoms with Crippen LogP contribution in [0.25, 0.3) is 22.8 Å². The molecule has 0 unspecified atom stereocenters. The topological polar surface area (TPSA) is 95.7 Å². The number of benzene rings is 2. The highest BCUT2D eigenvalue weighted by Crippen LogP contribution is 2.36. The maximum absolute atomic E-state index is 11.4. The molecule has 0 radical (unpaired) electrons. The van der Waals surface area contributed by atoms with Crippen LogP contribution in [0.3, 0.4) is 0 Å². The molecule has 25 heavy (non-hydrogen) atoms. The molecule has 0 saturated heterocycles. The van der Waals surface area contributed by atoms with Crippen molar-refractivity contribution in [3.05, 3.63) is 36.4 Å². The van der Waals surface area contributed by atoms with E-state index in [1.54, 1.807) is 30.3 Å². The standard InChI is InChI=1S/C17H11N3O5/c21-15-7-22-12-3-2-10(5-11(12)18-15)17-19-16(20-25-17)9-1-4-13-14(6-9)24-8-23-13/h1-6H,7-8H2,(H,18,21). The zero-order valence-corrected chi connectivity index (χ0v) is 12.8. The molecule has 8 heteroatoms. The summed E-state index contributed by atoms with van der Waals surface area (Å²) >= 11 is 0. The lowest BCUT2D eigenvalue weighted by molar-refractivity contribution is -0.118. The second kappa shape index (κ2) is 5.23. The van der Waals surface area contributed by atoms with Gasteiger partial charge in [0.05, 0.1) is 5.69 Å². The second-order valence-corrected chi connectivity index (χ2v) is 5.54. The van der Waals surface area contributed by atoms with E-state index < -0.39 is 0 Å². The molecule has 3 heterocycles. The summed E-state index contributed by atoms with van der Waals surface area (Å²) in [6.45, 7) is 0.223. The first kappa shape index (κ1) is 13.8. The van der Waals surface area contributed by atoms with Gasteiger partial charge >= 0.3 is 0 Å². The summed E-state index contributed by atoms with van der Waals surface area (Å²) in [5.74, 6) is 2.53. The van der Waals surface area contributed by atoms with Crippen LogP contribution in [0.2, 0.25) is 0 Å². The number of carbonyl (C=O) groups excluding carboxylic acids is 1. The maximum atomic E-state index is 11.4. The van der Waals surface area contributed by atoms with Crippen LogP contribution < -0.4 is 19.5 Å². The van der Waals surface area contributed by atoms with Crippen LogP contribution in [0.1, 0.15) is 0 Å². The quantitative estimate of drug-likeness (QED) is 0.767. The van der Waals surface area contributed by atoms with Crippen molar-refractivity contribution in [2.45, 2.75) is 0 Å². The van der Waals surface area contributed by atoms with Crippen LogP contribution >= 0.6 is 0 Å². The number of anilines is 1. The van der Waals surface area contributed by atoms with Crippen LogP contribution in [-0.4, -0.2) is 29.4 Å². The van der Waals surface area contributed by atoms with Gasteiger partial charge in [0.1, 0.15) is 5.75 Å². The zero-order valence-electron chi connectivity index (χ0n) is 12.8. The van der Waals surface area contributed by atoms with E-state index in [1.807, 2.05) is 6.07 Å². The number of rotatable bonds is 2. The van der Waals surface area contributed by atoms with Crippen LogP contribution in [0, 0.1) is 0 Å². The summed E-state index contributed by atoms with van der Waals surface area (Å²) in [5, 5.41) is 6.77. The summed E-state index contributed by atoms with van der Waals surface area (Å²) in [5.41, 5.74) is 2.02. The van der Waals surface area contributed by atoms with Gasteiger partial charge in [-0.05, 0) is 36.4 Å². The Labute approximate surface area is 141 Å². The van der Waals surface area contributed by atoms with Gasteiger partial charge in [-0.1, -0.05) is 5.16 Å². The Morgan fingerprint density at radius 1 is 0.920 bits per heavy atom. The highest BCUT2D eigenvalue weighted by molar-refractivity contribution is 5.96. The van der Waals surface area contributed by atoms with Crippen molar-refractivity contribution in [3.8, 4) is 40.1 Å². The maximum Gasteiger partial charge on any atom is 0.262 e. The number of carbonyl (C=O) groups is 1. The van der Waals surface area contributed by atoms with E-state index in [9.17, 15) is 4.79 Å². The Bertz CT molecular complexity index is 998. The second-order valence-electron chi connectivity index (χ2n) is 5.54. The number of aromatic nitrogens is 2. The minimum atomic E-state index is -0.198. The third-order valence-electron chi connectivity index (χ3n) is 3.92. The summed E-state index contributed by atoms with van der Waals surface area (Å²) in [6, 6.07) is 10.7. The van der Waals surface area contributed by atoms with Gasteiger partial charge in [0.15, 0.2) is 18.1 Å². The fourth-order valence-corrected chi connectivity index (χ4v) is 2.71. The average molecular weight is 337 g/mol. The highest BCUT2D eigenvalue weighted by Gasteiger charge is 2.20. The number of ether oxygens (including phenoxy) is 3. The van der Waals surface area contributed by atoms with Gasteiger partial charge in [0.25, 0.3) is 11.8 Å². The summed E-state index contributed by atoms with van der Waals surface area (Å²) in [7, 11) is 0. The molecule has 0 spiro atoms. The van der Waals surface area contributed by atoms with Crippen molar-refractivity contribution in [1.29, 1.82) is 0 Å². The van der Waals surface area contributed by atoms with Crippen molar-refractivity contribution in [1.82, 2.24) is 10.1 Å². The first-order valence-corrected chi connectivity index (χ1v) is 7.57. The van der Waals surface area contributed by atoms with E-state index in [2.05, 4.69) is 15.5 Å². The molecule has 8 nitrogen and oxygen atoms in total. The van der Waals surface area contributed by atoms with Gasteiger partial charge < -0.3 is 24.1 Å². The highest BCUT2D eigenvalue weighted by atomic mass is 16.7. The predicted molar refractivity (Wildman–Crippen MR) is 85.4 cm³/mol. The molecule has 2 aliphatic rings. The number of nitrogens with zero attached hydrogens (tertiary/aromatic N) is 2. The number of hydrogen-bond donors (Lipinski definition) is 1. The molecule has 0 bridgehead atoms. The largest absolute Gasteiger partial charge is 0.482 e. The summed E-state index contributed by atoms with van der Waals surface area (Å²) in [4.78, 5) is 15.9. The third-order valence-corrected chi connectivity index (χ3v) is 3.92. The van der Waals surface area contributed by atoms with Crippen molar-refractivity contribution in [2.24, 2.45) is 0 Å². The van der Waals surface area contributed by atoms with E-state index in [4.69, 9.17) is 18.7 Å². The van der Waals surface area contributed by atoms with Gasteiger partial charge in [-0.2, -0.15) is 4.98 Å². The lowest BCUT2D eigenvalue weighted by atomic mass is 10.1. The number of hydrogen-bond acceptors (Lipinski definition) is 7. The van der Waals surface area contributed by atoms with Crippen LogP contribution in [0.5, 0.6) is 17.2 Å². The molecule has 0 atom stereocenters. The molecule has 1 aromatic heterocycles. The summed E-state index contributed by atoms with van der Waals surface area (Å²) in [6.07, 6.45) is 0. The van der Waals surface area contributed by atoms with Crippen LogP contribution in [0.15, 0.2) is 40.9 Å². The Morgan fingerprint density at radius 2 is 1.76 bits per heavy atom. The molecule has 5 rings (SSSR count). The van der Waals surface area contributed by atoms with E-state index in [-0.39, 0.29) is 19.3 Å². The van der Waals surface area contributed by atoms with Crippen molar-refractivity contribution >= 4 is 11.6 Å². The first-order valence-electron chi connectivity index (χ1n) is 7.57. The third kappa shape index (κ3) is 2.35. The lowest BCUT2D eigenvalue weighted by Gasteiger charge is -2.17. The Kier molecular flexibility index (Phi) is 2.90. The minimum Gasteiger partial charge on any atom is -0.482 e. The van der Waals surface area contributed by atoms with Crippen LogP contribution in [0.4, 0.5) is 5.69 Å². The monoisotopic (exact) mass is 337 g/mol. The SMILES string of the molecule is O=C1COc2ccc(-c3nc(-c4ccc5c(c4)OCO5)no3)cc2N1. The Balaban J connectivity index is 1.48. The van der Waals surface area contributed by atoms with Crippen molar-refractivity contribution < 1.29 is 23.5 Å². The first-order chi connectivity index (χ1) is 12.3. The minimum absolute atomic E-state index is 0.0150. The molecule has 1 amide bonds. The van der Waals surface area contributed by atoms with Gasteiger partial charge in [0, 0.05) is 11.1 Å². The molecule has 0 aliphatic carbocycles. The van der Waals surface area contributed by atoms with Gasteiger partial charge in [-0.3, -0.25) is 4.79 Å². The fourth-order valence-electron chi connectivity index (χ4n) is 2.71. The molecule has 124 valence electrons. The van der Waals surface area contributed by atoms with Crippen LogP contribution in [-0.2, 0) is 4.79 Å². The number of nitrogens with one attached hydrogen (secondary N) is 1. The van der Waals surface area contributed by atoms with E-state index in [1.165, 1.54) is 0 Å². The van der Waals surface area contributed by atoms with E-state index in [0.717, 1.165) is 5.56 Å². The van der Waals surface area contributed by atoms with Gasteiger partial charge in [0.2, 0.25) is 12.6 Å². The Morgan fingerprint density at radius 3 is 2.72 bits per heavy atom. The van der Waals surface area contributed by atoms with Crippen molar-refractivity contribution in [3.63, 3.8) is 0 Å². The van der Waals surface area contributed by atoms with E-state index in [0.29, 0.717) is 40.2 Å². The smallest absolute Gasteiger partial charge is 0.262 e. The molecule has 2 aliphatic heterocycles. The van der Waals surface area contributed by atoms with Gasteiger partial charge in [-0.25, -0.2) is 0 Å². The number of amides is 1.